The van der Waals surface area contributed by atoms with Crippen molar-refractivity contribution in [3.8, 4) is 23.0 Å². The van der Waals surface area contributed by atoms with Crippen LogP contribution in [-0.4, -0.2) is 98.3 Å². The van der Waals surface area contributed by atoms with E-state index in [1.807, 2.05) is 61.5 Å². The number of allylic oxidation sites excluding steroid dienone is 1. The van der Waals surface area contributed by atoms with E-state index in [2.05, 4.69) is 23.1 Å². The number of aliphatic hydroxyl groups is 2. The summed E-state index contributed by atoms with van der Waals surface area (Å²) in [6.45, 7) is 7.09. The summed E-state index contributed by atoms with van der Waals surface area (Å²) in [4.78, 5) is 34.9. The summed E-state index contributed by atoms with van der Waals surface area (Å²) in [5, 5.41) is 27.2. The molecular formula is C49H61N3O12. The summed E-state index contributed by atoms with van der Waals surface area (Å²) >= 11 is 0. The quantitative estimate of drug-likeness (QED) is 0.0512. The Morgan fingerprint density at radius 1 is 0.953 bits per heavy atom. The Kier molecular flexibility index (Phi) is 16.2. The van der Waals surface area contributed by atoms with E-state index in [9.17, 15) is 19.8 Å². The number of carbonyl (C=O) groups is 2. The minimum absolute atomic E-state index is 0.0155. The molecule has 1 saturated carbocycles. The van der Waals surface area contributed by atoms with E-state index >= 15 is 0 Å². The molecule has 0 spiro atoms. The Balaban J connectivity index is 1.36. The minimum atomic E-state index is -1.54. The zero-order valence-electron chi connectivity index (χ0n) is 36.8. The van der Waals surface area contributed by atoms with Crippen molar-refractivity contribution < 1.29 is 57.8 Å². The van der Waals surface area contributed by atoms with Crippen LogP contribution in [0.5, 0.6) is 23.0 Å². The fraction of sp³-hybridized carbons (Fsp3) is 0.490. The SMILES string of the molecule is C=CCO[C@@]12Oc3ccc(OC(=O)NCC)cc3[C@H]3[C@H](CCCCO)[C@@H](CCCCO)C=C(C(=NOC)C[C@@H]1N(Cc1ccc4c(c1)OCO4)C(=O)OCCOCc1ccccc1)[C@H]32. The van der Waals surface area contributed by atoms with Crippen LogP contribution in [0.15, 0.2) is 96.2 Å². The van der Waals surface area contributed by atoms with Gasteiger partial charge in [-0.05, 0) is 91.5 Å². The van der Waals surface area contributed by atoms with Crippen LogP contribution in [0.25, 0.3) is 0 Å². The highest BCUT2D eigenvalue weighted by Crippen LogP contribution is 2.62. The summed E-state index contributed by atoms with van der Waals surface area (Å²) in [6, 6.07) is 19.8. The molecule has 0 bridgehead atoms. The number of oxime groups is 1. The normalized spacial score (nSPS) is 23.2. The molecule has 1 fully saturated rings. The van der Waals surface area contributed by atoms with Crippen molar-refractivity contribution in [2.75, 3.05) is 53.5 Å². The third kappa shape index (κ3) is 10.5. The number of amides is 2. The van der Waals surface area contributed by atoms with Crippen LogP contribution in [0.1, 0.15) is 74.5 Å². The molecule has 344 valence electrons. The van der Waals surface area contributed by atoms with Gasteiger partial charge >= 0.3 is 12.2 Å². The number of hydrogen-bond acceptors (Lipinski definition) is 13. The summed E-state index contributed by atoms with van der Waals surface area (Å²) in [7, 11) is 1.50. The van der Waals surface area contributed by atoms with Crippen LogP contribution >= 0.6 is 0 Å². The molecule has 3 N–H and O–H groups in total. The van der Waals surface area contributed by atoms with E-state index < -0.39 is 29.9 Å². The van der Waals surface area contributed by atoms with Gasteiger partial charge in [0.2, 0.25) is 12.6 Å². The highest BCUT2D eigenvalue weighted by molar-refractivity contribution is 6.03. The Morgan fingerprint density at radius 2 is 1.73 bits per heavy atom. The summed E-state index contributed by atoms with van der Waals surface area (Å²) < 4.78 is 43.5. The van der Waals surface area contributed by atoms with Gasteiger partial charge in [-0.15, -0.1) is 6.58 Å². The molecule has 15 heteroatoms. The van der Waals surface area contributed by atoms with Crippen molar-refractivity contribution in [1.82, 2.24) is 10.2 Å². The lowest BCUT2D eigenvalue weighted by Gasteiger charge is -2.59. The molecule has 2 aliphatic carbocycles. The first kappa shape index (κ1) is 46.4. The smallest absolute Gasteiger partial charge is 0.412 e. The van der Waals surface area contributed by atoms with Crippen LogP contribution in [0, 0.1) is 17.8 Å². The summed E-state index contributed by atoms with van der Waals surface area (Å²) in [5.41, 5.74) is 4.06. The van der Waals surface area contributed by atoms with Crippen molar-refractivity contribution in [1.29, 1.82) is 0 Å². The highest BCUT2D eigenvalue weighted by Gasteiger charge is 2.65. The monoisotopic (exact) mass is 883 g/mol. The van der Waals surface area contributed by atoms with Gasteiger partial charge in [0.25, 0.3) is 0 Å². The molecule has 2 heterocycles. The largest absolute Gasteiger partial charge is 0.459 e. The fourth-order valence-corrected chi connectivity index (χ4v) is 9.68. The first-order valence-corrected chi connectivity index (χ1v) is 22.3. The second-order valence-electron chi connectivity index (χ2n) is 16.3. The summed E-state index contributed by atoms with van der Waals surface area (Å²) in [5.74, 6) is -0.452. The number of benzene rings is 3. The maximum atomic E-state index is 14.9. The molecule has 4 aliphatic rings. The number of nitrogens with one attached hydrogen (secondary N) is 1. The van der Waals surface area contributed by atoms with Gasteiger partial charge < -0.3 is 53.5 Å². The highest BCUT2D eigenvalue weighted by atomic mass is 16.7. The molecule has 15 nitrogen and oxygen atoms in total. The van der Waals surface area contributed by atoms with Crippen molar-refractivity contribution in [2.24, 2.45) is 22.9 Å². The van der Waals surface area contributed by atoms with Gasteiger partial charge in [-0.3, -0.25) is 4.90 Å². The molecule has 2 amide bonds. The average Bonchev–Trinajstić information content (AvgIpc) is 3.78. The molecule has 3 aromatic rings. The van der Waals surface area contributed by atoms with Crippen LogP contribution in [-0.2, 0) is 32.2 Å². The van der Waals surface area contributed by atoms with Gasteiger partial charge in [0.15, 0.2) is 11.5 Å². The van der Waals surface area contributed by atoms with E-state index in [1.165, 1.54) is 7.11 Å². The maximum absolute atomic E-state index is 14.9. The number of rotatable bonds is 22. The van der Waals surface area contributed by atoms with E-state index in [-0.39, 0.29) is 70.5 Å². The Hall–Kier alpha value is -5.61. The third-order valence-electron chi connectivity index (χ3n) is 12.3. The van der Waals surface area contributed by atoms with Gasteiger partial charge in [-0.1, -0.05) is 66.5 Å². The van der Waals surface area contributed by atoms with E-state index in [1.54, 1.807) is 23.1 Å². The third-order valence-corrected chi connectivity index (χ3v) is 12.3. The predicted molar refractivity (Wildman–Crippen MR) is 237 cm³/mol. The first-order chi connectivity index (χ1) is 31.3. The number of ether oxygens (including phenoxy) is 7. The van der Waals surface area contributed by atoms with Gasteiger partial charge in [0, 0.05) is 44.2 Å². The van der Waals surface area contributed by atoms with Crippen molar-refractivity contribution in [3.05, 3.63) is 108 Å². The zero-order valence-corrected chi connectivity index (χ0v) is 36.8. The maximum Gasteiger partial charge on any atom is 0.412 e. The number of hydrogen-bond donors (Lipinski definition) is 3. The zero-order chi connectivity index (χ0) is 44.9. The number of aliphatic hydroxyl groups excluding tert-OH is 2. The van der Waals surface area contributed by atoms with E-state index in [0.717, 1.165) is 47.9 Å². The molecule has 3 aromatic carbocycles. The fourth-order valence-electron chi connectivity index (χ4n) is 9.68. The molecule has 2 aliphatic heterocycles. The second-order valence-corrected chi connectivity index (χ2v) is 16.3. The molecule has 0 unspecified atom stereocenters. The lowest BCUT2D eigenvalue weighted by molar-refractivity contribution is -0.256. The van der Waals surface area contributed by atoms with Crippen LogP contribution in [0.3, 0.4) is 0 Å². The van der Waals surface area contributed by atoms with Crippen LogP contribution in [0.2, 0.25) is 0 Å². The second kappa shape index (κ2) is 22.3. The molecular weight excluding hydrogens is 823 g/mol. The average molecular weight is 884 g/mol. The topological polar surface area (TPSA) is 176 Å². The molecule has 7 rings (SSSR count). The molecule has 64 heavy (non-hydrogen) atoms. The Morgan fingerprint density at radius 3 is 2.50 bits per heavy atom. The van der Waals surface area contributed by atoms with Gasteiger partial charge in [-0.2, -0.15) is 0 Å². The summed E-state index contributed by atoms with van der Waals surface area (Å²) in [6.07, 6.45) is 7.18. The van der Waals surface area contributed by atoms with E-state index in [4.69, 9.17) is 38.0 Å². The molecule has 6 atom stereocenters. The number of carbonyl (C=O) groups excluding carboxylic acids is 2. The van der Waals surface area contributed by atoms with Crippen LogP contribution in [0.4, 0.5) is 9.59 Å². The van der Waals surface area contributed by atoms with E-state index in [0.29, 0.717) is 54.7 Å². The molecule has 0 saturated heterocycles. The lowest BCUT2D eigenvalue weighted by Crippen LogP contribution is -2.70. The number of fused-ring (bicyclic) bond motifs is 3. The number of unbranched alkanes of at least 4 members (excludes halogenated alkanes) is 2. The van der Waals surface area contributed by atoms with Gasteiger partial charge in [0.05, 0.1) is 31.5 Å². The van der Waals surface area contributed by atoms with Crippen molar-refractivity contribution in [3.63, 3.8) is 0 Å². The molecule has 0 aromatic heterocycles. The Bertz CT molecular complexity index is 2110. The predicted octanol–water partition coefficient (Wildman–Crippen LogP) is 7.64. The Labute approximate surface area is 374 Å². The van der Waals surface area contributed by atoms with Crippen molar-refractivity contribution in [2.45, 2.75) is 82.8 Å². The van der Waals surface area contributed by atoms with Gasteiger partial charge in [0.1, 0.15) is 31.3 Å². The van der Waals surface area contributed by atoms with Gasteiger partial charge in [-0.25, -0.2) is 9.59 Å². The minimum Gasteiger partial charge on any atom is -0.459 e. The number of nitrogens with zero attached hydrogens (tertiary/aromatic N) is 2. The molecule has 0 radical (unpaired) electrons. The van der Waals surface area contributed by atoms with Crippen molar-refractivity contribution >= 4 is 17.9 Å². The van der Waals surface area contributed by atoms with Crippen LogP contribution < -0.4 is 24.3 Å². The first-order valence-electron chi connectivity index (χ1n) is 22.3. The standard InChI is InChI=1S/C49H61N3O12/c1-4-23-62-49-44(52(30-34-17-19-42-43(26-34)61-32-60-42)48(56)59-25-24-58-31-33-13-7-6-8-14-33)29-40(51-57-3)38-27-35(15-9-11-21-53)37(16-10-12-22-54)45(46(38)49)39-28-36(18-20-41(39)64-49)63-47(55)50-5-2/h4,6-8,13-14,17-20,26-28,35,37,44-46,53-54H,1,5,9-12,15-16,21-25,29-32H2,2-3H3,(H,50,55)/t35-,37+,44-,45+,46+,49+/m0/s1. The lowest BCUT2D eigenvalue weighted by atomic mass is 9.55.